The van der Waals surface area contributed by atoms with Gasteiger partial charge in [-0.05, 0) is 31.4 Å². The lowest BCUT2D eigenvalue weighted by Gasteiger charge is -2.16. The largest absolute Gasteiger partial charge is 0.481 e. The molecule has 1 saturated carbocycles. The van der Waals surface area contributed by atoms with Gasteiger partial charge in [-0.3, -0.25) is 9.59 Å². The van der Waals surface area contributed by atoms with Gasteiger partial charge in [-0.25, -0.2) is 0 Å². The number of carbonyl (C=O) groups excluding carboxylic acids is 1. The first kappa shape index (κ1) is 16.3. The molecule has 110 valence electrons. The normalized spacial score (nSPS) is 28.1. The van der Waals surface area contributed by atoms with Crippen LogP contribution in [0.1, 0.15) is 39.5 Å². The highest BCUT2D eigenvalue weighted by Crippen LogP contribution is 2.38. The Balaban J connectivity index is 2.47. The Morgan fingerprint density at radius 3 is 2.53 bits per heavy atom. The van der Waals surface area contributed by atoms with Crippen molar-refractivity contribution < 1.29 is 14.7 Å². The molecule has 1 fully saturated rings. The van der Waals surface area contributed by atoms with Gasteiger partial charge in [0.15, 0.2) is 0 Å². The van der Waals surface area contributed by atoms with E-state index in [1.54, 1.807) is 11.8 Å². The zero-order valence-corrected chi connectivity index (χ0v) is 12.8. The summed E-state index contributed by atoms with van der Waals surface area (Å²) < 4.78 is 0. The van der Waals surface area contributed by atoms with Crippen LogP contribution in [0.5, 0.6) is 0 Å². The maximum atomic E-state index is 12.1. The molecule has 1 rings (SSSR count). The van der Waals surface area contributed by atoms with Crippen molar-refractivity contribution in [2.45, 2.75) is 44.8 Å². The summed E-state index contributed by atoms with van der Waals surface area (Å²) in [7, 11) is 0. The molecule has 0 aromatic carbocycles. The molecule has 0 radical (unpaired) electrons. The van der Waals surface area contributed by atoms with E-state index < -0.39 is 11.9 Å². The minimum atomic E-state index is -0.825. The molecule has 0 heterocycles. The molecule has 1 aliphatic carbocycles. The summed E-state index contributed by atoms with van der Waals surface area (Å²) in [4.78, 5) is 23.3. The van der Waals surface area contributed by atoms with Gasteiger partial charge in [0.2, 0.25) is 5.91 Å². The molecule has 1 aliphatic rings. The summed E-state index contributed by atoms with van der Waals surface area (Å²) in [6, 6.07) is 0. The van der Waals surface area contributed by atoms with Gasteiger partial charge >= 0.3 is 5.97 Å². The molecule has 0 bridgehead atoms. The van der Waals surface area contributed by atoms with Gasteiger partial charge in [0, 0.05) is 11.8 Å². The minimum Gasteiger partial charge on any atom is -0.481 e. The number of rotatable bonds is 7. The van der Waals surface area contributed by atoms with Crippen LogP contribution in [0.25, 0.3) is 0 Å². The topological polar surface area (TPSA) is 66.4 Å². The fourth-order valence-corrected chi connectivity index (χ4v) is 3.04. The number of aliphatic carboxylic acids is 1. The zero-order chi connectivity index (χ0) is 14.4. The first-order valence-electron chi connectivity index (χ1n) is 7.02. The van der Waals surface area contributed by atoms with Crippen LogP contribution in [0.2, 0.25) is 0 Å². The predicted octanol–water partition coefficient (Wildman–Crippen LogP) is 2.38. The SMILES string of the molecule is CCC1C[C@H](C(=O)NCCC(C)SC)[C@H](C(=O)O)C1. The Kier molecular flexibility index (Phi) is 6.69. The molecule has 4 nitrogen and oxygen atoms in total. The molecule has 5 heteroatoms. The van der Waals surface area contributed by atoms with Crippen LogP contribution >= 0.6 is 11.8 Å². The minimum absolute atomic E-state index is 0.0725. The summed E-state index contributed by atoms with van der Waals surface area (Å²) in [5, 5.41) is 12.6. The number of hydrogen-bond acceptors (Lipinski definition) is 3. The summed E-state index contributed by atoms with van der Waals surface area (Å²) >= 11 is 1.77. The summed E-state index contributed by atoms with van der Waals surface area (Å²) in [5.74, 6) is -1.36. The fourth-order valence-electron chi connectivity index (χ4n) is 2.69. The van der Waals surface area contributed by atoms with E-state index in [-0.39, 0.29) is 11.8 Å². The second-order valence-electron chi connectivity index (χ2n) is 5.42. The Morgan fingerprint density at radius 1 is 1.37 bits per heavy atom. The third kappa shape index (κ3) is 4.71. The van der Waals surface area contributed by atoms with Crippen LogP contribution in [0.3, 0.4) is 0 Å². The average molecular weight is 287 g/mol. The monoisotopic (exact) mass is 287 g/mol. The molecule has 0 aromatic heterocycles. The number of thioether (sulfide) groups is 1. The Morgan fingerprint density at radius 2 is 2.00 bits per heavy atom. The Hall–Kier alpha value is -0.710. The second-order valence-corrected chi connectivity index (χ2v) is 6.70. The van der Waals surface area contributed by atoms with E-state index in [2.05, 4.69) is 25.4 Å². The lowest BCUT2D eigenvalue weighted by Crippen LogP contribution is -2.36. The molecule has 0 aromatic rings. The second kappa shape index (κ2) is 7.78. The first-order chi connectivity index (χ1) is 8.99. The van der Waals surface area contributed by atoms with Gasteiger partial charge in [-0.2, -0.15) is 11.8 Å². The van der Waals surface area contributed by atoms with Crippen LogP contribution in [-0.4, -0.2) is 35.0 Å². The smallest absolute Gasteiger partial charge is 0.307 e. The number of carboxylic acid groups (broad SMARTS) is 1. The standard InChI is InChI=1S/C14H25NO3S/c1-4-10-7-11(12(8-10)14(17)18)13(16)15-6-5-9(2)19-3/h9-12H,4-8H2,1-3H3,(H,15,16)(H,17,18)/t9?,10?,11-,12+/m0/s1. The van der Waals surface area contributed by atoms with E-state index in [0.29, 0.717) is 24.1 Å². The molecule has 19 heavy (non-hydrogen) atoms. The van der Waals surface area contributed by atoms with Crippen molar-refractivity contribution >= 4 is 23.6 Å². The number of nitrogens with one attached hydrogen (secondary N) is 1. The predicted molar refractivity (Wildman–Crippen MR) is 78.2 cm³/mol. The average Bonchev–Trinajstić information content (AvgIpc) is 2.82. The van der Waals surface area contributed by atoms with Gasteiger partial charge in [0.05, 0.1) is 11.8 Å². The fraction of sp³-hybridized carbons (Fsp3) is 0.857. The van der Waals surface area contributed by atoms with Gasteiger partial charge < -0.3 is 10.4 Å². The molecule has 2 N–H and O–H groups in total. The van der Waals surface area contributed by atoms with Crippen molar-refractivity contribution in [3.8, 4) is 0 Å². The van der Waals surface area contributed by atoms with Gasteiger partial charge in [0.1, 0.15) is 0 Å². The maximum Gasteiger partial charge on any atom is 0.307 e. The van der Waals surface area contributed by atoms with Crippen molar-refractivity contribution in [3.05, 3.63) is 0 Å². The van der Waals surface area contributed by atoms with Crippen LogP contribution in [-0.2, 0) is 9.59 Å². The molecule has 1 amide bonds. The third-order valence-electron chi connectivity index (χ3n) is 4.14. The van der Waals surface area contributed by atoms with E-state index in [1.807, 2.05) is 0 Å². The molecule has 0 saturated heterocycles. The Labute approximate surface area is 119 Å². The lowest BCUT2D eigenvalue weighted by atomic mass is 9.95. The van der Waals surface area contributed by atoms with Crippen LogP contribution in [0.4, 0.5) is 0 Å². The van der Waals surface area contributed by atoms with E-state index in [9.17, 15) is 14.7 Å². The van der Waals surface area contributed by atoms with Gasteiger partial charge in [-0.1, -0.05) is 20.3 Å². The number of carboxylic acids is 1. The number of carbonyl (C=O) groups is 2. The molecular weight excluding hydrogens is 262 g/mol. The van der Waals surface area contributed by atoms with Crippen molar-refractivity contribution in [1.82, 2.24) is 5.32 Å². The van der Waals surface area contributed by atoms with Crippen LogP contribution in [0, 0.1) is 17.8 Å². The van der Waals surface area contributed by atoms with Crippen molar-refractivity contribution in [1.29, 1.82) is 0 Å². The molecule has 4 atom stereocenters. The van der Waals surface area contributed by atoms with Gasteiger partial charge in [-0.15, -0.1) is 0 Å². The van der Waals surface area contributed by atoms with Crippen molar-refractivity contribution in [3.63, 3.8) is 0 Å². The number of amides is 1. The van der Waals surface area contributed by atoms with E-state index in [0.717, 1.165) is 19.3 Å². The van der Waals surface area contributed by atoms with E-state index >= 15 is 0 Å². The summed E-state index contributed by atoms with van der Waals surface area (Å²) in [6.45, 7) is 4.82. The summed E-state index contributed by atoms with van der Waals surface area (Å²) in [6.07, 6.45) is 5.30. The van der Waals surface area contributed by atoms with Crippen molar-refractivity contribution in [2.75, 3.05) is 12.8 Å². The van der Waals surface area contributed by atoms with Crippen LogP contribution < -0.4 is 5.32 Å². The maximum absolute atomic E-state index is 12.1. The number of hydrogen-bond donors (Lipinski definition) is 2. The van der Waals surface area contributed by atoms with Crippen molar-refractivity contribution in [2.24, 2.45) is 17.8 Å². The lowest BCUT2D eigenvalue weighted by molar-refractivity contribution is -0.146. The van der Waals surface area contributed by atoms with E-state index in [1.165, 1.54) is 0 Å². The highest BCUT2D eigenvalue weighted by molar-refractivity contribution is 7.99. The highest BCUT2D eigenvalue weighted by atomic mass is 32.2. The molecule has 2 unspecified atom stereocenters. The van der Waals surface area contributed by atoms with Crippen LogP contribution in [0.15, 0.2) is 0 Å². The Bertz CT molecular complexity index is 322. The highest BCUT2D eigenvalue weighted by Gasteiger charge is 2.41. The molecule has 0 spiro atoms. The molecular formula is C14H25NO3S. The first-order valence-corrected chi connectivity index (χ1v) is 8.31. The molecule has 0 aliphatic heterocycles. The third-order valence-corrected chi connectivity index (χ3v) is 5.18. The van der Waals surface area contributed by atoms with E-state index in [4.69, 9.17) is 0 Å². The van der Waals surface area contributed by atoms with Gasteiger partial charge in [0.25, 0.3) is 0 Å². The summed E-state index contributed by atoms with van der Waals surface area (Å²) in [5.41, 5.74) is 0. The zero-order valence-electron chi connectivity index (χ0n) is 12.0. The quantitative estimate of drug-likeness (QED) is 0.754.